The number of amidine groups is 1. The van der Waals surface area contributed by atoms with E-state index in [1.54, 1.807) is 18.0 Å². The number of carboxylic acid groups (broad SMARTS) is 1. The maximum atomic E-state index is 13.7. The monoisotopic (exact) mass is 652 g/mol. The van der Waals surface area contributed by atoms with E-state index in [1.165, 1.54) is 11.3 Å². The second kappa shape index (κ2) is 13.8. The fourth-order valence-electron chi connectivity index (χ4n) is 6.33. The van der Waals surface area contributed by atoms with Crippen molar-refractivity contribution >= 4 is 40.8 Å². The highest BCUT2D eigenvalue weighted by atomic mass is 32.1. The molecule has 2 atom stereocenters. The number of rotatable bonds is 10. The Morgan fingerprint density at radius 2 is 1.98 bits per heavy atom. The van der Waals surface area contributed by atoms with Gasteiger partial charge < -0.3 is 20.1 Å². The van der Waals surface area contributed by atoms with Crippen LogP contribution in [-0.2, 0) is 20.7 Å². The number of anilines is 1. The number of carboxylic acids is 1. The van der Waals surface area contributed by atoms with Gasteiger partial charge >= 0.3 is 18.0 Å². The van der Waals surface area contributed by atoms with Crippen LogP contribution in [-0.4, -0.2) is 89.1 Å². The van der Waals surface area contributed by atoms with Gasteiger partial charge in [-0.25, -0.2) is 14.6 Å². The number of ether oxygens (including phenoxy) is 1. The molecule has 6 rings (SSSR count). The first-order valence-corrected chi connectivity index (χ1v) is 16.5. The molecule has 2 amide bonds. The molecule has 1 unspecified atom stereocenters. The van der Waals surface area contributed by atoms with Crippen LogP contribution in [0.3, 0.4) is 0 Å². The fraction of sp³-hybridized carbons (Fsp3) is 0.343. The molecule has 4 heterocycles. The molecule has 2 aromatic carbocycles. The smallest absolute Gasteiger partial charge is 0.338 e. The molecule has 11 nitrogen and oxygen atoms in total. The largest absolute Gasteiger partial charge is 0.481 e. The lowest BCUT2D eigenvalue weighted by Gasteiger charge is -2.38. The summed E-state index contributed by atoms with van der Waals surface area (Å²) < 4.78 is 5.58. The van der Waals surface area contributed by atoms with E-state index < -0.39 is 18.0 Å². The van der Waals surface area contributed by atoms with E-state index in [0.29, 0.717) is 66.8 Å². The highest BCUT2D eigenvalue weighted by Gasteiger charge is 2.42. The number of piperazine rings is 1. The lowest BCUT2D eigenvalue weighted by molar-refractivity contribution is -0.139. The van der Waals surface area contributed by atoms with Crippen LogP contribution in [0.1, 0.15) is 46.6 Å². The zero-order chi connectivity index (χ0) is 33.1. The summed E-state index contributed by atoms with van der Waals surface area (Å²) in [4.78, 5) is 53.4. The molecule has 0 bridgehead atoms. The van der Waals surface area contributed by atoms with E-state index in [1.807, 2.05) is 59.7 Å². The standard InChI is InChI=1S/C35H36N6O5S/c1-4-24-18-22(3)6-12-27(24)31-30(34(44)46-5-2)28(37-32(38-31)33-36-14-17-47-33)21-39-15-16-40-26(19-39)20-41(35(40)45)25-10-7-23(8-11-25)9-13-29(42)43/h1,6-8,10-12,14,17-18,26,31H,5,9,13,15-16,19-21H2,2-3H3,(H,37,38)(H,42,43)/t26-,31?/m0/s1. The van der Waals surface area contributed by atoms with Crippen LogP contribution < -0.4 is 10.2 Å². The number of aryl methyl sites for hydroxylation is 2. The molecule has 3 aromatic rings. The number of thiazole rings is 1. The number of urea groups is 1. The van der Waals surface area contributed by atoms with Crippen LogP contribution >= 0.6 is 11.3 Å². The van der Waals surface area contributed by atoms with Crippen molar-refractivity contribution in [1.82, 2.24) is 20.1 Å². The number of aromatic nitrogens is 1. The van der Waals surface area contributed by atoms with Gasteiger partial charge in [0, 0.05) is 67.7 Å². The van der Waals surface area contributed by atoms with E-state index >= 15 is 0 Å². The highest BCUT2D eigenvalue weighted by Crippen LogP contribution is 2.36. The number of esters is 1. The lowest BCUT2D eigenvalue weighted by atomic mass is 9.91. The third kappa shape index (κ3) is 6.77. The predicted molar refractivity (Wildman–Crippen MR) is 179 cm³/mol. The quantitative estimate of drug-likeness (QED) is 0.249. The Morgan fingerprint density at radius 1 is 1.17 bits per heavy atom. The molecule has 3 aliphatic rings. The van der Waals surface area contributed by atoms with Crippen molar-refractivity contribution in [1.29, 1.82) is 0 Å². The number of carbonyl (C=O) groups excluding carboxylic acids is 2. The van der Waals surface area contributed by atoms with Gasteiger partial charge in [0.15, 0.2) is 10.8 Å². The van der Waals surface area contributed by atoms with Crippen LogP contribution in [0.25, 0.3) is 0 Å². The zero-order valence-electron chi connectivity index (χ0n) is 26.3. The van der Waals surface area contributed by atoms with Gasteiger partial charge in [-0.15, -0.1) is 17.8 Å². The Morgan fingerprint density at radius 3 is 2.68 bits per heavy atom. The van der Waals surface area contributed by atoms with Crippen LogP contribution in [0.4, 0.5) is 10.5 Å². The first kappa shape index (κ1) is 32.0. The molecular weight excluding hydrogens is 616 g/mol. The van der Waals surface area contributed by atoms with Gasteiger partial charge in [0.2, 0.25) is 0 Å². The first-order valence-electron chi connectivity index (χ1n) is 15.6. The summed E-state index contributed by atoms with van der Waals surface area (Å²) in [6.07, 6.45) is 8.16. The zero-order valence-corrected chi connectivity index (χ0v) is 27.1. The molecule has 12 heteroatoms. The van der Waals surface area contributed by atoms with Crippen molar-refractivity contribution in [3.05, 3.63) is 92.6 Å². The normalized spacial score (nSPS) is 19.6. The van der Waals surface area contributed by atoms with E-state index in [2.05, 4.69) is 21.1 Å². The minimum atomic E-state index is -0.839. The number of carbonyl (C=O) groups is 3. The van der Waals surface area contributed by atoms with Gasteiger partial charge in [-0.1, -0.05) is 30.2 Å². The summed E-state index contributed by atoms with van der Waals surface area (Å²) in [5.41, 5.74) is 5.18. The highest BCUT2D eigenvalue weighted by molar-refractivity contribution is 7.11. The van der Waals surface area contributed by atoms with E-state index in [9.17, 15) is 14.4 Å². The summed E-state index contributed by atoms with van der Waals surface area (Å²) in [5.74, 6) is 2.04. The van der Waals surface area contributed by atoms with Crippen LogP contribution in [0, 0.1) is 19.3 Å². The molecule has 2 N–H and O–H groups in total. The fourth-order valence-corrected chi connectivity index (χ4v) is 6.91. The number of fused-ring (bicyclic) bond motifs is 1. The van der Waals surface area contributed by atoms with E-state index in [-0.39, 0.29) is 25.1 Å². The van der Waals surface area contributed by atoms with Crippen molar-refractivity contribution in [2.75, 3.05) is 44.2 Å². The molecule has 2 fully saturated rings. The second-order valence-electron chi connectivity index (χ2n) is 11.7. The van der Waals surface area contributed by atoms with Crippen LogP contribution in [0.2, 0.25) is 0 Å². The topological polar surface area (TPSA) is 128 Å². The number of hydrogen-bond donors (Lipinski definition) is 2. The summed E-state index contributed by atoms with van der Waals surface area (Å²) >= 11 is 1.45. The molecule has 0 spiro atoms. The van der Waals surface area contributed by atoms with Gasteiger partial charge in [-0.3, -0.25) is 19.6 Å². The van der Waals surface area contributed by atoms with Gasteiger partial charge in [0.1, 0.15) is 6.04 Å². The maximum Gasteiger partial charge on any atom is 0.338 e. The Labute approximate surface area is 277 Å². The molecule has 0 radical (unpaired) electrons. The molecule has 47 heavy (non-hydrogen) atoms. The number of aliphatic imine (C=N–C) groups is 1. The first-order chi connectivity index (χ1) is 22.7. The number of amides is 2. The third-order valence-corrected chi connectivity index (χ3v) is 9.39. The van der Waals surface area contributed by atoms with Crippen molar-refractivity contribution < 1.29 is 24.2 Å². The summed E-state index contributed by atoms with van der Waals surface area (Å²) in [5, 5.41) is 15.0. The van der Waals surface area contributed by atoms with E-state index in [4.69, 9.17) is 21.3 Å². The Hall–Kier alpha value is -4.99. The molecule has 1 aromatic heterocycles. The predicted octanol–water partition coefficient (Wildman–Crippen LogP) is 3.98. The number of nitrogens with zero attached hydrogens (tertiary/aromatic N) is 5. The van der Waals surface area contributed by atoms with Crippen LogP contribution in [0.15, 0.2) is 70.3 Å². The molecule has 3 aliphatic heterocycles. The summed E-state index contributed by atoms with van der Waals surface area (Å²) in [6.45, 7) is 6.63. The van der Waals surface area contributed by atoms with Gasteiger partial charge in [-0.2, -0.15) is 0 Å². The minimum absolute atomic E-state index is 0.0467. The molecule has 242 valence electrons. The Bertz CT molecular complexity index is 1780. The summed E-state index contributed by atoms with van der Waals surface area (Å²) in [7, 11) is 0. The number of terminal acetylenes is 1. The van der Waals surface area contributed by atoms with Gasteiger partial charge in [0.25, 0.3) is 0 Å². The molecule has 2 saturated heterocycles. The lowest BCUT2D eigenvalue weighted by Crippen LogP contribution is -2.53. The van der Waals surface area contributed by atoms with Crippen molar-refractivity contribution in [2.45, 2.75) is 38.8 Å². The minimum Gasteiger partial charge on any atom is -0.481 e. The molecular formula is C35H36N6O5S. The molecule has 0 saturated carbocycles. The van der Waals surface area contributed by atoms with Crippen molar-refractivity contribution in [3.63, 3.8) is 0 Å². The maximum absolute atomic E-state index is 13.7. The van der Waals surface area contributed by atoms with Crippen molar-refractivity contribution in [3.8, 4) is 12.3 Å². The van der Waals surface area contributed by atoms with Crippen LogP contribution in [0.5, 0.6) is 0 Å². The average Bonchev–Trinajstić information content (AvgIpc) is 3.72. The number of benzene rings is 2. The molecule has 0 aliphatic carbocycles. The average molecular weight is 653 g/mol. The SMILES string of the molecule is C#Cc1cc(C)ccc1C1N=C(c2nccs2)NC(CN2CCN3C(=O)N(c4ccc(CCC(=O)O)cc4)C[C@@H]3C2)=C1C(=O)OCC. The van der Waals surface area contributed by atoms with Gasteiger partial charge in [-0.05, 0) is 55.2 Å². The second-order valence-corrected chi connectivity index (χ2v) is 12.6. The number of aliphatic carboxylic acids is 1. The Kier molecular flexibility index (Phi) is 9.38. The van der Waals surface area contributed by atoms with Crippen molar-refractivity contribution in [2.24, 2.45) is 4.99 Å². The Balaban J connectivity index is 1.27. The van der Waals surface area contributed by atoms with Gasteiger partial charge in [0.05, 0.1) is 18.2 Å². The van der Waals surface area contributed by atoms with E-state index in [0.717, 1.165) is 22.4 Å². The number of nitrogens with one attached hydrogen (secondary N) is 1. The number of hydrogen-bond acceptors (Lipinski definition) is 9. The third-order valence-electron chi connectivity index (χ3n) is 8.61. The summed E-state index contributed by atoms with van der Waals surface area (Å²) in [6, 6.07) is 12.5.